The molecule has 5 heteroatoms. The summed E-state index contributed by atoms with van der Waals surface area (Å²) in [7, 11) is 0. The molecular weight excluding hydrogens is 236 g/mol. The van der Waals surface area contributed by atoms with Gasteiger partial charge in [0.15, 0.2) is 0 Å². The number of aliphatic hydroxyl groups excluding tert-OH is 3. The van der Waals surface area contributed by atoms with Gasteiger partial charge in [-0.1, -0.05) is 33.1 Å². The molecule has 5 nitrogen and oxygen atoms in total. The predicted octanol–water partition coefficient (Wildman–Crippen LogP) is 1.40. The lowest BCUT2D eigenvalue weighted by Crippen LogP contribution is -2.33. The van der Waals surface area contributed by atoms with Gasteiger partial charge in [-0.15, -0.1) is 0 Å². The van der Waals surface area contributed by atoms with Crippen LogP contribution in [0.1, 0.15) is 52.4 Å². The lowest BCUT2D eigenvalue weighted by Gasteiger charge is -2.26. The van der Waals surface area contributed by atoms with Gasteiger partial charge in [-0.05, 0) is 12.8 Å². The van der Waals surface area contributed by atoms with Crippen molar-refractivity contribution in [3.05, 3.63) is 0 Å². The minimum Gasteiger partial charge on any atom is -0.481 e. The number of hydrogen-bond acceptors (Lipinski definition) is 4. The Labute approximate surface area is 109 Å². The Hall–Kier alpha value is -0.650. The third-order valence-corrected chi connectivity index (χ3v) is 2.78. The van der Waals surface area contributed by atoms with Gasteiger partial charge in [-0.25, -0.2) is 0 Å². The van der Waals surface area contributed by atoms with Crippen LogP contribution in [0.15, 0.2) is 0 Å². The van der Waals surface area contributed by atoms with Crippen LogP contribution in [0.5, 0.6) is 0 Å². The molecular formula is C13H28O5. The van der Waals surface area contributed by atoms with Crippen molar-refractivity contribution in [1.29, 1.82) is 0 Å². The van der Waals surface area contributed by atoms with Crippen LogP contribution in [0.25, 0.3) is 0 Å². The van der Waals surface area contributed by atoms with Crippen LogP contribution in [0, 0.1) is 5.41 Å². The maximum Gasteiger partial charge on any atom is 0.303 e. The molecule has 4 N–H and O–H groups in total. The number of carbonyl (C=O) groups is 1. The van der Waals surface area contributed by atoms with E-state index in [1.807, 2.05) is 6.92 Å². The first kappa shape index (κ1) is 19.7. The van der Waals surface area contributed by atoms with E-state index in [1.165, 1.54) is 0 Å². The van der Waals surface area contributed by atoms with E-state index in [0.717, 1.165) is 25.7 Å². The van der Waals surface area contributed by atoms with Crippen molar-refractivity contribution < 1.29 is 25.2 Å². The van der Waals surface area contributed by atoms with E-state index in [1.54, 1.807) is 0 Å². The summed E-state index contributed by atoms with van der Waals surface area (Å²) in [5.74, 6) is -0.682. The third kappa shape index (κ3) is 10.5. The van der Waals surface area contributed by atoms with Crippen LogP contribution in [-0.4, -0.2) is 46.2 Å². The van der Waals surface area contributed by atoms with Gasteiger partial charge in [0, 0.05) is 11.8 Å². The number of rotatable bonds is 9. The predicted molar refractivity (Wildman–Crippen MR) is 70.4 cm³/mol. The van der Waals surface area contributed by atoms with E-state index < -0.39 is 11.4 Å². The first-order valence-electron chi connectivity index (χ1n) is 6.56. The Balaban J connectivity index is 0. The minimum atomic E-state index is -0.682. The highest BCUT2D eigenvalue weighted by Crippen LogP contribution is 2.21. The number of unbranched alkanes of at least 4 members (excludes halogenated alkanes) is 2. The lowest BCUT2D eigenvalue weighted by atomic mass is 9.86. The summed E-state index contributed by atoms with van der Waals surface area (Å²) >= 11 is 0. The molecule has 0 bridgehead atoms. The van der Waals surface area contributed by atoms with Crippen molar-refractivity contribution in [3.8, 4) is 0 Å². The fourth-order valence-electron chi connectivity index (χ4n) is 1.44. The van der Waals surface area contributed by atoms with Gasteiger partial charge in [-0.2, -0.15) is 0 Å². The largest absolute Gasteiger partial charge is 0.481 e. The van der Waals surface area contributed by atoms with Gasteiger partial charge in [0.05, 0.1) is 19.8 Å². The third-order valence-electron chi connectivity index (χ3n) is 2.78. The van der Waals surface area contributed by atoms with Gasteiger partial charge >= 0.3 is 5.97 Å². The summed E-state index contributed by atoms with van der Waals surface area (Å²) in [4.78, 5) is 9.87. The zero-order valence-corrected chi connectivity index (χ0v) is 11.6. The number of aliphatic carboxylic acids is 1. The summed E-state index contributed by atoms with van der Waals surface area (Å²) in [5, 5.41) is 34.5. The summed E-state index contributed by atoms with van der Waals surface area (Å²) in [6, 6.07) is 0. The molecule has 0 fully saturated rings. The van der Waals surface area contributed by atoms with E-state index in [-0.39, 0.29) is 19.8 Å². The standard InChI is InChI=1S/C7H16O3.C6H12O2/c1-2-3-7(4-8,5-9)6-10;1-2-3-4-5-6(7)8/h8-10H,2-6H2,1H3;2-5H2,1H3,(H,7,8). The quantitative estimate of drug-likeness (QED) is 0.472. The molecule has 0 radical (unpaired) electrons. The zero-order valence-electron chi connectivity index (χ0n) is 11.6. The monoisotopic (exact) mass is 264 g/mol. The minimum absolute atomic E-state index is 0.145. The SMILES string of the molecule is CCCC(CO)(CO)CO.CCCCCC(=O)O. The molecule has 0 rings (SSSR count). The van der Waals surface area contributed by atoms with Crippen LogP contribution >= 0.6 is 0 Å². The van der Waals surface area contributed by atoms with Gasteiger partial charge in [-0.3, -0.25) is 4.79 Å². The van der Waals surface area contributed by atoms with Crippen LogP contribution in [0.4, 0.5) is 0 Å². The summed E-state index contributed by atoms with van der Waals surface area (Å²) in [5.41, 5.74) is -0.658. The van der Waals surface area contributed by atoms with Crippen molar-refractivity contribution >= 4 is 5.97 Å². The fourth-order valence-corrected chi connectivity index (χ4v) is 1.44. The first-order valence-corrected chi connectivity index (χ1v) is 6.56. The molecule has 0 aliphatic rings. The number of aliphatic hydroxyl groups is 3. The van der Waals surface area contributed by atoms with Gasteiger partial charge in [0.25, 0.3) is 0 Å². The Bertz CT molecular complexity index is 182. The Morgan fingerprint density at radius 3 is 1.67 bits per heavy atom. The van der Waals surface area contributed by atoms with E-state index >= 15 is 0 Å². The van der Waals surface area contributed by atoms with Gasteiger partial charge in [0.1, 0.15) is 0 Å². The van der Waals surface area contributed by atoms with Crippen molar-refractivity contribution in [2.24, 2.45) is 5.41 Å². The second kappa shape index (κ2) is 12.8. The molecule has 18 heavy (non-hydrogen) atoms. The average Bonchev–Trinajstić information content (AvgIpc) is 2.37. The van der Waals surface area contributed by atoms with Crippen LogP contribution in [0.3, 0.4) is 0 Å². The zero-order chi connectivity index (χ0) is 14.4. The van der Waals surface area contributed by atoms with Gasteiger partial charge in [0.2, 0.25) is 0 Å². The Morgan fingerprint density at radius 2 is 1.44 bits per heavy atom. The van der Waals surface area contributed by atoms with E-state index in [2.05, 4.69) is 6.92 Å². The second-order valence-corrected chi connectivity index (χ2v) is 4.58. The molecule has 0 aromatic carbocycles. The van der Waals surface area contributed by atoms with Crippen molar-refractivity contribution in [3.63, 3.8) is 0 Å². The van der Waals surface area contributed by atoms with E-state index in [9.17, 15) is 4.79 Å². The molecule has 0 aromatic rings. The molecule has 0 aliphatic carbocycles. The first-order chi connectivity index (χ1) is 8.51. The normalized spacial score (nSPS) is 10.7. The topological polar surface area (TPSA) is 98.0 Å². The smallest absolute Gasteiger partial charge is 0.303 e. The molecule has 0 saturated heterocycles. The van der Waals surface area contributed by atoms with Crippen LogP contribution in [0.2, 0.25) is 0 Å². The molecule has 0 amide bonds. The summed E-state index contributed by atoms with van der Waals surface area (Å²) < 4.78 is 0. The van der Waals surface area contributed by atoms with Crippen LogP contribution in [-0.2, 0) is 4.79 Å². The maximum atomic E-state index is 9.87. The van der Waals surface area contributed by atoms with Crippen molar-refractivity contribution in [2.45, 2.75) is 52.4 Å². The maximum absolute atomic E-state index is 9.87. The highest BCUT2D eigenvalue weighted by atomic mass is 16.4. The van der Waals surface area contributed by atoms with Gasteiger partial charge < -0.3 is 20.4 Å². The molecule has 0 heterocycles. The highest BCUT2D eigenvalue weighted by Gasteiger charge is 2.26. The number of hydrogen-bond donors (Lipinski definition) is 4. The lowest BCUT2D eigenvalue weighted by molar-refractivity contribution is -0.137. The second-order valence-electron chi connectivity index (χ2n) is 4.58. The molecule has 0 unspecified atom stereocenters. The molecule has 0 atom stereocenters. The summed E-state index contributed by atoms with van der Waals surface area (Å²) in [6.45, 7) is 3.58. The van der Waals surface area contributed by atoms with E-state index in [0.29, 0.717) is 12.8 Å². The summed E-state index contributed by atoms with van der Waals surface area (Å²) in [6.07, 6.45) is 4.80. The van der Waals surface area contributed by atoms with Crippen molar-refractivity contribution in [2.75, 3.05) is 19.8 Å². The molecule has 0 spiro atoms. The Morgan fingerprint density at radius 1 is 0.944 bits per heavy atom. The Kier molecular flexibility index (Phi) is 14.0. The average molecular weight is 264 g/mol. The van der Waals surface area contributed by atoms with E-state index in [4.69, 9.17) is 20.4 Å². The molecule has 0 aliphatic heterocycles. The number of carboxylic acids is 1. The molecule has 110 valence electrons. The highest BCUT2D eigenvalue weighted by molar-refractivity contribution is 5.66. The molecule has 0 aromatic heterocycles. The van der Waals surface area contributed by atoms with Crippen molar-refractivity contribution in [1.82, 2.24) is 0 Å². The van der Waals surface area contributed by atoms with Crippen LogP contribution < -0.4 is 0 Å². The molecule has 0 saturated carbocycles. The number of carboxylic acid groups (broad SMARTS) is 1. The fraction of sp³-hybridized carbons (Fsp3) is 0.923.